The van der Waals surface area contributed by atoms with E-state index < -0.39 is 68.7 Å². The molecule has 0 aliphatic rings. The van der Waals surface area contributed by atoms with Crippen LogP contribution in [0.3, 0.4) is 0 Å². The van der Waals surface area contributed by atoms with E-state index in [0.29, 0.717) is 33.7 Å². The number of aromatic nitrogens is 2. The summed E-state index contributed by atoms with van der Waals surface area (Å²) in [4.78, 5) is 22.1. The quantitative estimate of drug-likeness (QED) is 0.0769. The summed E-state index contributed by atoms with van der Waals surface area (Å²) in [7, 11) is -3.01. The molecule has 1 N–H and O–H groups in total. The number of halogens is 5. The number of imidazole rings is 1. The predicted molar refractivity (Wildman–Crippen MR) is 188 cm³/mol. The second kappa shape index (κ2) is 16.3. The number of carbonyl (C=O) groups is 1. The Hall–Kier alpha value is -2.79. The standard InChI is InChI=1S/C35H41ClF3IN3O5S2/c1-35(2,23-9-14-28(36)31(17-23)48-6)32-20-41-34(43(32)25-12-10-24(37)11-13-25)49-22-27-29(38)18-26(19-30(27)39)50(46,47)42(21-33(44)45)16-8-7-15-40(3,4)5/h9-14,17-20H,7-8,15-16,21-22H2,1-6H3,(H,44,45)/q-1. The minimum absolute atomic E-state index is 0.0832. The van der Waals surface area contributed by atoms with Gasteiger partial charge in [-0.15, -0.1) is 0 Å². The molecule has 0 aliphatic heterocycles. The Morgan fingerprint density at radius 1 is 1.04 bits per heavy atom. The van der Waals surface area contributed by atoms with Crippen LogP contribution in [0.25, 0.3) is 5.69 Å². The maximum Gasteiger partial charge on any atom is 0.123 e. The molecule has 15 heteroatoms. The summed E-state index contributed by atoms with van der Waals surface area (Å²) in [6.45, 7) is 3.01. The average Bonchev–Trinajstić information content (AvgIpc) is 3.46. The largest absolute Gasteiger partial charge is 0.291 e. The number of unbranched alkanes of at least 4 members (excludes halogenated alkanes) is 1. The van der Waals surface area contributed by atoms with Gasteiger partial charge < -0.3 is 4.74 Å². The van der Waals surface area contributed by atoms with E-state index in [1.807, 2.05) is 26.0 Å². The second-order valence-corrected chi connectivity index (χ2v) is 28.3. The molecule has 0 atom stereocenters. The van der Waals surface area contributed by atoms with Gasteiger partial charge in [-0.25, -0.2) is 9.37 Å². The zero-order chi connectivity index (χ0) is 37.0. The van der Waals surface area contributed by atoms with E-state index >= 15 is 8.78 Å². The summed E-state index contributed by atoms with van der Waals surface area (Å²) in [5, 5.41) is 10.2. The third-order valence-corrected chi connectivity index (χ3v) is 15.2. The van der Waals surface area contributed by atoms with Gasteiger partial charge in [0, 0.05) is 11.1 Å². The summed E-state index contributed by atoms with van der Waals surface area (Å²) < 4.78 is 80.8. The van der Waals surface area contributed by atoms with Crippen LogP contribution in [0.4, 0.5) is 13.2 Å². The number of hydrogen-bond acceptors (Lipinski definition) is 6. The van der Waals surface area contributed by atoms with Crippen LogP contribution in [-0.2, 0) is 26.0 Å². The number of hydrogen-bond donors (Lipinski definition) is 1. The van der Waals surface area contributed by atoms with Gasteiger partial charge in [-0.1, -0.05) is 31.5 Å². The normalized spacial score (nSPS) is 12.8. The van der Waals surface area contributed by atoms with E-state index in [-0.39, 0.29) is 17.9 Å². The van der Waals surface area contributed by atoms with Gasteiger partial charge in [-0.05, 0) is 42.0 Å². The SMILES string of the molecule is COc1cc(C(C)(C)c2cnc(SCc3c(F)cc(S(=O)(=O)N(CCCC[I-](C)(C)C)CC(=O)O)cc3F)n2-c2ccc(F)cc2)ccc1Cl. The number of methoxy groups -OCH3 is 1. The first-order valence-electron chi connectivity index (χ1n) is 15.4. The van der Waals surface area contributed by atoms with Crippen molar-refractivity contribution >= 4 is 39.4 Å². The zero-order valence-electron chi connectivity index (χ0n) is 28.6. The van der Waals surface area contributed by atoms with E-state index in [1.54, 1.807) is 29.0 Å². The fourth-order valence-corrected chi connectivity index (χ4v) is 10.8. The molecule has 0 aliphatic carbocycles. The van der Waals surface area contributed by atoms with Gasteiger partial charge in [0.25, 0.3) is 0 Å². The van der Waals surface area contributed by atoms with Crippen LogP contribution < -0.4 is 23.2 Å². The molecule has 1 heterocycles. The van der Waals surface area contributed by atoms with Crippen molar-refractivity contribution < 1.29 is 54.7 Å². The zero-order valence-corrected chi connectivity index (χ0v) is 33.2. The minimum Gasteiger partial charge on any atom is -0.291 e. The van der Waals surface area contributed by atoms with E-state index in [0.717, 1.165) is 44.6 Å². The number of nitrogens with zero attached hydrogens (tertiary/aromatic N) is 3. The fraction of sp³-hybridized carbons (Fsp3) is 0.371. The second-order valence-electron chi connectivity index (χ2n) is 12.9. The first-order chi connectivity index (χ1) is 23.3. The van der Waals surface area contributed by atoms with Gasteiger partial charge in [-0.2, -0.15) is 0 Å². The molecule has 0 saturated carbocycles. The molecule has 274 valence electrons. The monoisotopic (exact) mass is 866 g/mol. The average molecular weight is 867 g/mol. The van der Waals surface area contributed by atoms with Crippen molar-refractivity contribution in [2.24, 2.45) is 0 Å². The molecule has 4 aromatic rings. The summed E-state index contributed by atoms with van der Waals surface area (Å²) in [6.07, 6.45) is 2.79. The Kier molecular flexibility index (Phi) is 13.0. The Morgan fingerprint density at radius 2 is 1.68 bits per heavy atom. The summed E-state index contributed by atoms with van der Waals surface area (Å²) in [6, 6.07) is 12.6. The van der Waals surface area contributed by atoms with Gasteiger partial charge in [0.1, 0.15) is 11.6 Å². The predicted octanol–water partition coefficient (Wildman–Crippen LogP) is 4.48. The van der Waals surface area contributed by atoms with Crippen LogP contribution in [0.1, 0.15) is 43.5 Å². The minimum atomic E-state index is -4.52. The number of rotatable bonds is 16. The first-order valence-corrected chi connectivity index (χ1v) is 26.2. The van der Waals surface area contributed by atoms with Crippen molar-refractivity contribution in [1.29, 1.82) is 0 Å². The molecule has 4 rings (SSSR count). The van der Waals surface area contributed by atoms with Gasteiger partial charge in [0.2, 0.25) is 0 Å². The van der Waals surface area contributed by atoms with Crippen molar-refractivity contribution in [3.63, 3.8) is 0 Å². The molecule has 0 bridgehead atoms. The van der Waals surface area contributed by atoms with Crippen molar-refractivity contribution in [2.75, 3.05) is 39.4 Å². The molecular formula is C35H41ClF3IN3O5S2-. The van der Waals surface area contributed by atoms with Crippen molar-refractivity contribution in [2.45, 2.75) is 47.9 Å². The Bertz CT molecular complexity index is 1930. The smallest absolute Gasteiger partial charge is 0.123 e. The Labute approximate surface area is 304 Å². The number of benzene rings is 3. The first kappa shape index (κ1) is 40.0. The number of alkyl halides is 4. The number of carboxylic acid groups (broad SMARTS) is 1. The summed E-state index contributed by atoms with van der Waals surface area (Å²) >= 11 is 5.47. The summed E-state index contributed by atoms with van der Waals surface area (Å²) in [5.74, 6) is -3.79. The third kappa shape index (κ3) is 9.55. The van der Waals surface area contributed by atoms with Crippen LogP contribution in [0.5, 0.6) is 5.75 Å². The van der Waals surface area contributed by atoms with Gasteiger partial charge in [0.15, 0.2) is 5.16 Å². The Balaban J connectivity index is 1.66. The molecule has 0 radical (unpaired) electrons. The Morgan fingerprint density at radius 3 is 2.26 bits per heavy atom. The van der Waals surface area contributed by atoms with Crippen molar-refractivity contribution in [3.05, 3.63) is 100 Å². The van der Waals surface area contributed by atoms with E-state index in [2.05, 4.69) is 19.8 Å². The molecule has 0 fully saturated rings. The summed E-state index contributed by atoms with van der Waals surface area (Å²) in [5.41, 5.74) is 0.985. The topological polar surface area (TPSA) is 102 Å². The van der Waals surface area contributed by atoms with E-state index in [4.69, 9.17) is 16.3 Å². The number of aliphatic carboxylic acids is 1. The molecule has 8 nitrogen and oxygen atoms in total. The van der Waals surface area contributed by atoms with Crippen LogP contribution in [-0.4, -0.2) is 72.8 Å². The molecule has 0 spiro atoms. The van der Waals surface area contributed by atoms with Crippen molar-refractivity contribution in [1.82, 2.24) is 13.9 Å². The molecule has 50 heavy (non-hydrogen) atoms. The van der Waals surface area contributed by atoms with Crippen LogP contribution in [0.15, 0.2) is 70.8 Å². The maximum absolute atomic E-state index is 15.6. The van der Waals surface area contributed by atoms with Crippen LogP contribution in [0, 0.1) is 17.5 Å². The van der Waals surface area contributed by atoms with Crippen LogP contribution >= 0.6 is 23.4 Å². The molecule has 3 aromatic carbocycles. The third-order valence-electron chi connectivity index (χ3n) is 8.10. The molecular weight excluding hydrogens is 826 g/mol. The van der Waals surface area contributed by atoms with E-state index in [1.165, 1.54) is 19.2 Å². The van der Waals surface area contributed by atoms with Crippen molar-refractivity contribution in [3.8, 4) is 11.4 Å². The maximum atomic E-state index is 15.6. The molecule has 0 saturated heterocycles. The number of ether oxygens (including phenoxy) is 1. The number of carboxylic acids is 1. The van der Waals surface area contributed by atoms with Crippen LogP contribution in [0.2, 0.25) is 5.02 Å². The van der Waals surface area contributed by atoms with Gasteiger partial charge >= 0.3 is 163 Å². The molecule has 0 amide bonds. The number of thioether (sulfide) groups is 1. The molecule has 1 aromatic heterocycles. The van der Waals surface area contributed by atoms with Gasteiger partial charge in [0.05, 0.1) is 24.0 Å². The molecule has 0 unspecified atom stereocenters. The van der Waals surface area contributed by atoms with E-state index in [9.17, 15) is 22.7 Å². The fourth-order valence-electron chi connectivity index (χ4n) is 5.28. The van der Waals surface area contributed by atoms with Gasteiger partial charge in [-0.3, -0.25) is 4.57 Å². The number of sulfonamides is 1.